The number of carboxylic acid groups (broad SMARTS) is 1. The number of nitrogens with two attached hydrogens (primary N) is 1. The van der Waals surface area contributed by atoms with E-state index in [0.29, 0.717) is 6.42 Å². The molecule has 0 saturated heterocycles. The number of aliphatic carboxylic acids is 1. The first-order valence-corrected chi connectivity index (χ1v) is 5.66. The molecule has 1 fully saturated rings. The maximum atomic E-state index is 10.4. The Balaban J connectivity index is 2.18. The molecule has 0 aliphatic heterocycles. The Bertz CT molecular complexity index is 182. The van der Waals surface area contributed by atoms with E-state index in [1.807, 2.05) is 0 Å². The minimum atomic E-state index is -0.668. The Morgan fingerprint density at radius 2 is 1.93 bits per heavy atom. The molecule has 0 aromatic rings. The van der Waals surface area contributed by atoms with Crippen LogP contribution in [-0.2, 0) is 4.79 Å². The summed E-state index contributed by atoms with van der Waals surface area (Å²) in [6.07, 6.45) is 7.25. The van der Waals surface area contributed by atoms with Crippen LogP contribution < -0.4 is 5.73 Å². The molecule has 3 nitrogen and oxygen atoms in total. The molecule has 0 aromatic heterocycles. The zero-order valence-corrected chi connectivity index (χ0v) is 8.74. The van der Waals surface area contributed by atoms with Gasteiger partial charge in [-0.2, -0.15) is 0 Å². The Kier molecular flexibility index (Phi) is 4.94. The van der Waals surface area contributed by atoms with Gasteiger partial charge in [-0.15, -0.1) is 0 Å². The van der Waals surface area contributed by atoms with Crippen LogP contribution in [0.1, 0.15) is 44.9 Å². The molecule has 14 heavy (non-hydrogen) atoms. The highest BCUT2D eigenvalue weighted by atomic mass is 16.4. The van der Waals surface area contributed by atoms with Crippen LogP contribution in [0.4, 0.5) is 0 Å². The van der Waals surface area contributed by atoms with Gasteiger partial charge in [0.1, 0.15) is 0 Å². The van der Waals surface area contributed by atoms with Crippen molar-refractivity contribution in [2.75, 3.05) is 6.54 Å². The van der Waals surface area contributed by atoms with Crippen LogP contribution in [0, 0.1) is 11.8 Å². The quantitative estimate of drug-likeness (QED) is 0.687. The highest BCUT2D eigenvalue weighted by molar-refractivity contribution is 5.66. The number of carbonyl (C=O) groups is 1. The maximum Gasteiger partial charge on any atom is 0.303 e. The third-order valence-electron chi connectivity index (χ3n) is 3.32. The molecule has 0 amide bonds. The predicted octanol–water partition coefficient (Wildman–Crippen LogP) is 2.01. The molecule has 0 spiro atoms. The first-order chi connectivity index (χ1) is 6.74. The van der Waals surface area contributed by atoms with Crippen molar-refractivity contribution in [3.8, 4) is 0 Å². The summed E-state index contributed by atoms with van der Waals surface area (Å²) in [6.45, 7) is 0.778. The molecule has 3 N–H and O–H groups in total. The molecule has 0 bridgehead atoms. The third-order valence-corrected chi connectivity index (χ3v) is 3.32. The summed E-state index contributed by atoms with van der Waals surface area (Å²) in [7, 11) is 0. The van der Waals surface area contributed by atoms with Crippen molar-refractivity contribution in [2.45, 2.75) is 44.9 Å². The fourth-order valence-corrected chi connectivity index (χ4v) is 2.60. The Morgan fingerprint density at radius 3 is 2.50 bits per heavy atom. The van der Waals surface area contributed by atoms with Crippen LogP contribution in [0.3, 0.4) is 0 Å². The molecule has 1 aliphatic carbocycles. The van der Waals surface area contributed by atoms with Gasteiger partial charge in [0.15, 0.2) is 0 Å². The van der Waals surface area contributed by atoms with E-state index >= 15 is 0 Å². The maximum absolute atomic E-state index is 10.4. The molecule has 1 rings (SSSR count). The van der Waals surface area contributed by atoms with Crippen molar-refractivity contribution in [2.24, 2.45) is 17.6 Å². The molecule has 0 heterocycles. The molecule has 1 saturated carbocycles. The van der Waals surface area contributed by atoms with E-state index in [9.17, 15) is 4.79 Å². The standard InChI is InChI=1S/C11H21NO2/c12-8-7-10-4-1-3-9(10)5-2-6-11(13)14/h9-10H,1-8,12H2,(H,13,14)/t9-,10+/m0/s1. The SMILES string of the molecule is NCC[C@H]1CCC[C@H]1CCCC(=O)O. The Labute approximate surface area is 85.7 Å². The van der Waals surface area contributed by atoms with Gasteiger partial charge in [0.2, 0.25) is 0 Å². The lowest BCUT2D eigenvalue weighted by atomic mass is 9.89. The van der Waals surface area contributed by atoms with Crippen molar-refractivity contribution < 1.29 is 9.90 Å². The van der Waals surface area contributed by atoms with Gasteiger partial charge < -0.3 is 10.8 Å². The van der Waals surface area contributed by atoms with E-state index in [0.717, 1.165) is 37.6 Å². The first-order valence-electron chi connectivity index (χ1n) is 5.66. The largest absolute Gasteiger partial charge is 0.481 e. The van der Waals surface area contributed by atoms with E-state index in [2.05, 4.69) is 0 Å². The topological polar surface area (TPSA) is 63.3 Å². The van der Waals surface area contributed by atoms with Crippen molar-refractivity contribution in [1.29, 1.82) is 0 Å². The van der Waals surface area contributed by atoms with E-state index in [4.69, 9.17) is 10.8 Å². The summed E-state index contributed by atoms with van der Waals surface area (Å²) in [5, 5.41) is 8.54. The van der Waals surface area contributed by atoms with Crippen LogP contribution in [-0.4, -0.2) is 17.6 Å². The third kappa shape index (κ3) is 3.66. The second-order valence-corrected chi connectivity index (χ2v) is 4.31. The molecule has 0 unspecified atom stereocenters. The van der Waals surface area contributed by atoms with Crippen molar-refractivity contribution >= 4 is 5.97 Å². The van der Waals surface area contributed by atoms with Crippen LogP contribution in [0.25, 0.3) is 0 Å². The zero-order valence-electron chi connectivity index (χ0n) is 8.74. The lowest BCUT2D eigenvalue weighted by Crippen LogP contribution is -2.13. The van der Waals surface area contributed by atoms with E-state index in [-0.39, 0.29) is 0 Å². The fourth-order valence-electron chi connectivity index (χ4n) is 2.60. The molecule has 2 atom stereocenters. The summed E-state index contributed by atoms with van der Waals surface area (Å²) in [5.74, 6) is 0.852. The summed E-state index contributed by atoms with van der Waals surface area (Å²) in [5.41, 5.74) is 5.55. The summed E-state index contributed by atoms with van der Waals surface area (Å²) in [4.78, 5) is 10.4. The molecule has 0 radical (unpaired) electrons. The summed E-state index contributed by atoms with van der Waals surface area (Å²) in [6, 6.07) is 0. The minimum absolute atomic E-state index is 0.325. The van der Waals surface area contributed by atoms with Crippen LogP contribution in [0.2, 0.25) is 0 Å². The second-order valence-electron chi connectivity index (χ2n) is 4.31. The minimum Gasteiger partial charge on any atom is -0.481 e. The number of hydrogen-bond acceptors (Lipinski definition) is 2. The Morgan fingerprint density at radius 1 is 1.29 bits per heavy atom. The molecule has 3 heteroatoms. The number of carboxylic acids is 1. The van der Waals surface area contributed by atoms with Gasteiger partial charge in [0.05, 0.1) is 0 Å². The lowest BCUT2D eigenvalue weighted by molar-refractivity contribution is -0.137. The van der Waals surface area contributed by atoms with Crippen LogP contribution in [0.15, 0.2) is 0 Å². The second kappa shape index (κ2) is 6.02. The highest BCUT2D eigenvalue weighted by Gasteiger charge is 2.25. The molecular weight excluding hydrogens is 178 g/mol. The molecular formula is C11H21NO2. The fraction of sp³-hybridized carbons (Fsp3) is 0.909. The van der Waals surface area contributed by atoms with Crippen LogP contribution in [0.5, 0.6) is 0 Å². The lowest BCUT2D eigenvalue weighted by Gasteiger charge is -2.18. The van der Waals surface area contributed by atoms with Gasteiger partial charge >= 0.3 is 5.97 Å². The van der Waals surface area contributed by atoms with Gasteiger partial charge in [0, 0.05) is 6.42 Å². The zero-order chi connectivity index (χ0) is 10.4. The monoisotopic (exact) mass is 199 g/mol. The average molecular weight is 199 g/mol. The van der Waals surface area contributed by atoms with Gasteiger partial charge in [0.25, 0.3) is 0 Å². The van der Waals surface area contributed by atoms with Gasteiger partial charge in [-0.3, -0.25) is 4.79 Å². The number of hydrogen-bond donors (Lipinski definition) is 2. The molecule has 0 aromatic carbocycles. The summed E-state index contributed by atoms with van der Waals surface area (Å²) < 4.78 is 0. The van der Waals surface area contributed by atoms with E-state index in [1.54, 1.807) is 0 Å². The number of rotatable bonds is 6. The van der Waals surface area contributed by atoms with E-state index in [1.165, 1.54) is 19.3 Å². The van der Waals surface area contributed by atoms with E-state index < -0.39 is 5.97 Å². The average Bonchev–Trinajstić information content (AvgIpc) is 2.53. The van der Waals surface area contributed by atoms with Gasteiger partial charge in [-0.1, -0.05) is 19.3 Å². The predicted molar refractivity (Wildman–Crippen MR) is 56.0 cm³/mol. The van der Waals surface area contributed by atoms with Crippen LogP contribution >= 0.6 is 0 Å². The highest BCUT2D eigenvalue weighted by Crippen LogP contribution is 2.36. The normalized spacial score (nSPS) is 26.6. The molecule has 82 valence electrons. The van der Waals surface area contributed by atoms with Crippen molar-refractivity contribution in [1.82, 2.24) is 0 Å². The van der Waals surface area contributed by atoms with Gasteiger partial charge in [-0.05, 0) is 37.6 Å². The van der Waals surface area contributed by atoms with Gasteiger partial charge in [-0.25, -0.2) is 0 Å². The summed E-state index contributed by atoms with van der Waals surface area (Å²) >= 11 is 0. The first kappa shape index (κ1) is 11.5. The Hall–Kier alpha value is -0.570. The smallest absolute Gasteiger partial charge is 0.303 e. The van der Waals surface area contributed by atoms with Crippen molar-refractivity contribution in [3.63, 3.8) is 0 Å². The van der Waals surface area contributed by atoms with Crippen molar-refractivity contribution in [3.05, 3.63) is 0 Å². The molecule has 1 aliphatic rings.